The number of H-pyrrole nitrogens is 1. The van der Waals surface area contributed by atoms with Gasteiger partial charge in [0.15, 0.2) is 5.69 Å². The fraction of sp³-hybridized carbons (Fsp3) is 0.174. The lowest BCUT2D eigenvalue weighted by molar-refractivity contribution is -0.143. The molecule has 4 heterocycles. The minimum Gasteiger partial charge on any atom is -0.329 e. The van der Waals surface area contributed by atoms with E-state index in [1.165, 1.54) is 30.5 Å². The summed E-state index contributed by atoms with van der Waals surface area (Å²) in [4.78, 5) is 43.4. The maximum absolute atomic E-state index is 14.1. The molecule has 1 fully saturated rings. The number of fused-ring (bicyclic) bond motifs is 1. The van der Waals surface area contributed by atoms with E-state index >= 15 is 0 Å². The molecule has 3 aromatic heterocycles. The topological polar surface area (TPSA) is 113 Å². The number of aromatic nitrogens is 4. The smallest absolute Gasteiger partial charge is 0.329 e. The first-order valence-electron chi connectivity index (χ1n) is 10.8. The van der Waals surface area contributed by atoms with E-state index in [4.69, 9.17) is 0 Å². The van der Waals surface area contributed by atoms with E-state index in [0.29, 0.717) is 16.9 Å². The fourth-order valence-corrected chi connectivity index (χ4v) is 4.05. The highest BCUT2D eigenvalue weighted by Gasteiger charge is 2.42. The molecule has 2 N–H and O–H groups in total. The zero-order valence-corrected chi connectivity index (χ0v) is 18.8. The van der Waals surface area contributed by atoms with Gasteiger partial charge < -0.3 is 10.3 Å². The van der Waals surface area contributed by atoms with Crippen molar-refractivity contribution in [3.8, 4) is 5.69 Å². The summed E-state index contributed by atoms with van der Waals surface area (Å²) in [6.07, 6.45) is -7.37. The summed E-state index contributed by atoms with van der Waals surface area (Å²) in [5.41, 5.74) is -5.07. The van der Waals surface area contributed by atoms with Crippen LogP contribution in [-0.4, -0.2) is 38.1 Å². The predicted molar refractivity (Wildman–Crippen MR) is 121 cm³/mol. The average molecular weight is 536 g/mol. The zero-order valence-electron chi connectivity index (χ0n) is 18.8. The van der Waals surface area contributed by atoms with Crippen molar-refractivity contribution < 1.29 is 35.9 Å². The molecule has 1 aliphatic heterocycles. The lowest BCUT2D eigenvalue weighted by Crippen LogP contribution is -2.45. The van der Waals surface area contributed by atoms with Crippen LogP contribution in [0.15, 0.2) is 53.7 Å². The van der Waals surface area contributed by atoms with Gasteiger partial charge in [0.2, 0.25) is 5.91 Å². The molecule has 0 saturated carbocycles. The van der Waals surface area contributed by atoms with Gasteiger partial charge in [0.25, 0.3) is 11.5 Å². The van der Waals surface area contributed by atoms with Crippen molar-refractivity contribution in [2.75, 3.05) is 16.8 Å². The van der Waals surface area contributed by atoms with Gasteiger partial charge in [-0.2, -0.15) is 31.4 Å². The van der Waals surface area contributed by atoms with E-state index in [1.54, 1.807) is 0 Å². The molecule has 196 valence electrons. The Labute approximate surface area is 207 Å². The van der Waals surface area contributed by atoms with E-state index < -0.39 is 58.1 Å². The predicted octanol–water partition coefficient (Wildman–Crippen LogP) is 4.14. The number of rotatable bonds is 4. The number of halogens is 6. The van der Waals surface area contributed by atoms with Crippen molar-refractivity contribution in [1.82, 2.24) is 19.7 Å². The van der Waals surface area contributed by atoms with E-state index in [-0.39, 0.29) is 29.4 Å². The van der Waals surface area contributed by atoms with Crippen LogP contribution in [0, 0.1) is 0 Å². The van der Waals surface area contributed by atoms with Gasteiger partial charge in [-0.25, -0.2) is 9.67 Å². The van der Waals surface area contributed by atoms with Crippen LogP contribution < -0.4 is 15.8 Å². The summed E-state index contributed by atoms with van der Waals surface area (Å²) in [5.74, 6) is -2.64. The second kappa shape index (κ2) is 8.71. The molecule has 1 aromatic carbocycles. The molecular formula is C23H14F6N6O3. The molecule has 0 bridgehead atoms. The van der Waals surface area contributed by atoms with E-state index in [9.17, 15) is 40.7 Å². The van der Waals surface area contributed by atoms with E-state index in [1.807, 2.05) is 5.32 Å². The number of alkyl halides is 6. The summed E-state index contributed by atoms with van der Waals surface area (Å²) in [7, 11) is 0. The highest BCUT2D eigenvalue weighted by atomic mass is 19.4. The van der Waals surface area contributed by atoms with Gasteiger partial charge in [0, 0.05) is 29.9 Å². The van der Waals surface area contributed by atoms with E-state index in [0.717, 1.165) is 11.1 Å². The third-order valence-electron chi connectivity index (χ3n) is 5.84. The largest absolute Gasteiger partial charge is 0.434 e. The second-order valence-electron chi connectivity index (χ2n) is 8.20. The normalized spacial score (nSPS) is 14.1. The Hall–Kier alpha value is -4.69. The highest BCUT2D eigenvalue weighted by Crippen LogP contribution is 2.39. The molecule has 0 atom stereocenters. The second-order valence-corrected chi connectivity index (χ2v) is 8.20. The molecule has 9 nitrogen and oxygen atoms in total. The molecule has 38 heavy (non-hydrogen) atoms. The molecule has 4 aromatic rings. The minimum atomic E-state index is -5.12. The maximum Gasteiger partial charge on any atom is 0.434 e. The van der Waals surface area contributed by atoms with Gasteiger partial charge in [-0.3, -0.25) is 19.3 Å². The van der Waals surface area contributed by atoms with Gasteiger partial charge in [-0.15, -0.1) is 0 Å². The fourth-order valence-electron chi connectivity index (χ4n) is 4.05. The van der Waals surface area contributed by atoms with Crippen molar-refractivity contribution in [1.29, 1.82) is 0 Å². The van der Waals surface area contributed by atoms with Crippen molar-refractivity contribution >= 4 is 34.1 Å². The molecule has 0 unspecified atom stereocenters. The lowest BCUT2D eigenvalue weighted by Gasteiger charge is -2.31. The number of pyridine rings is 2. The first-order valence-corrected chi connectivity index (χ1v) is 10.8. The number of amides is 2. The quantitative estimate of drug-likeness (QED) is 0.301. The number of anilines is 2. The van der Waals surface area contributed by atoms with Crippen LogP contribution in [0.2, 0.25) is 0 Å². The maximum atomic E-state index is 14.1. The molecule has 1 aliphatic rings. The minimum absolute atomic E-state index is 0.0226. The van der Waals surface area contributed by atoms with Crippen molar-refractivity contribution in [3.05, 3.63) is 76.1 Å². The molecule has 1 saturated heterocycles. The Balaban J connectivity index is 1.56. The number of hydrogen-bond acceptors (Lipinski definition) is 5. The highest BCUT2D eigenvalue weighted by molar-refractivity contribution is 6.05. The number of benzene rings is 1. The Morgan fingerprint density at radius 1 is 1.00 bits per heavy atom. The number of β-lactam (4-membered cyclic amide) rings is 1. The number of hydrogen-bond donors (Lipinski definition) is 2. The van der Waals surface area contributed by atoms with Crippen LogP contribution in [0.4, 0.5) is 37.8 Å². The number of aromatic amines is 1. The average Bonchev–Trinajstić information content (AvgIpc) is 3.29. The summed E-state index contributed by atoms with van der Waals surface area (Å²) in [6.45, 7) is 0.0226. The van der Waals surface area contributed by atoms with Crippen LogP contribution in [0.5, 0.6) is 0 Å². The van der Waals surface area contributed by atoms with Crippen LogP contribution in [0.1, 0.15) is 28.0 Å². The molecule has 0 radical (unpaired) electrons. The number of nitrogens with one attached hydrogen (secondary N) is 2. The Morgan fingerprint density at radius 3 is 2.39 bits per heavy atom. The molecule has 0 spiro atoms. The van der Waals surface area contributed by atoms with Gasteiger partial charge in [-0.05, 0) is 24.3 Å². The van der Waals surface area contributed by atoms with Gasteiger partial charge in [0.05, 0.1) is 29.3 Å². The first kappa shape index (κ1) is 25.0. The number of nitrogens with zero attached hydrogens (tertiary/aromatic N) is 4. The standard InChI is InChI=1S/C23H14F6N6O3/c24-22(25,26)15-8-11(9-31-19(15)34-7-5-17(34)36)33-21(38)14-10-32-35(18(14)23(27,28)29)16-3-1-2-13-12(16)4-6-30-20(13)37/h1-4,6,8-10H,5,7H2,(H,30,37)(H,33,38). The Morgan fingerprint density at radius 2 is 1.76 bits per heavy atom. The molecule has 0 aliphatic carbocycles. The number of carbonyl (C=O) groups is 2. The summed E-state index contributed by atoms with van der Waals surface area (Å²) in [5, 5.41) is 5.89. The van der Waals surface area contributed by atoms with Crippen LogP contribution in [0.25, 0.3) is 16.5 Å². The summed E-state index contributed by atoms with van der Waals surface area (Å²) in [6, 6.07) is 5.85. The molecular weight excluding hydrogens is 522 g/mol. The molecule has 2 amide bonds. The van der Waals surface area contributed by atoms with Crippen molar-refractivity contribution in [2.24, 2.45) is 0 Å². The third kappa shape index (κ3) is 4.25. The van der Waals surface area contributed by atoms with Crippen molar-refractivity contribution in [3.63, 3.8) is 0 Å². The number of carbonyl (C=O) groups excluding carboxylic acids is 2. The van der Waals surface area contributed by atoms with Crippen LogP contribution >= 0.6 is 0 Å². The Kier molecular flexibility index (Phi) is 5.72. The SMILES string of the molecule is O=C(Nc1cnc(N2CCC2=O)c(C(F)(F)F)c1)c1cnn(-c2cccc3c(=O)[nH]ccc23)c1C(F)(F)F. The molecule has 15 heteroatoms. The van der Waals surface area contributed by atoms with Gasteiger partial charge in [0.1, 0.15) is 11.4 Å². The first-order chi connectivity index (χ1) is 17.9. The zero-order chi connectivity index (χ0) is 27.4. The molecule has 5 rings (SSSR count). The van der Waals surface area contributed by atoms with Crippen LogP contribution in [-0.2, 0) is 17.1 Å². The van der Waals surface area contributed by atoms with Gasteiger partial charge in [-0.1, -0.05) is 6.07 Å². The van der Waals surface area contributed by atoms with Gasteiger partial charge >= 0.3 is 12.4 Å². The summed E-state index contributed by atoms with van der Waals surface area (Å²) >= 11 is 0. The van der Waals surface area contributed by atoms with E-state index in [2.05, 4.69) is 15.1 Å². The monoisotopic (exact) mass is 536 g/mol. The van der Waals surface area contributed by atoms with Crippen molar-refractivity contribution in [2.45, 2.75) is 18.8 Å². The Bertz CT molecular complexity index is 1660. The lowest BCUT2D eigenvalue weighted by atomic mass is 10.1. The van der Waals surface area contributed by atoms with Crippen LogP contribution in [0.3, 0.4) is 0 Å². The summed E-state index contributed by atoms with van der Waals surface area (Å²) < 4.78 is 83.7. The third-order valence-corrected chi connectivity index (χ3v) is 5.84.